The normalized spacial score (nSPS) is 11.3. The molecule has 0 amide bonds. The number of fused-ring (bicyclic) bond motifs is 1. The highest BCUT2D eigenvalue weighted by molar-refractivity contribution is 5.72. The Morgan fingerprint density at radius 1 is 1.17 bits per heavy atom. The van der Waals surface area contributed by atoms with Crippen molar-refractivity contribution in [2.24, 2.45) is 0 Å². The van der Waals surface area contributed by atoms with Crippen molar-refractivity contribution in [2.45, 2.75) is 33.0 Å². The fraction of sp³-hybridized carbons (Fsp3) is 0.227. The number of halogens is 1. The molecule has 2 N–H and O–H groups in total. The van der Waals surface area contributed by atoms with Crippen LogP contribution in [0.4, 0.5) is 10.3 Å². The summed E-state index contributed by atoms with van der Waals surface area (Å²) in [7, 11) is 0. The van der Waals surface area contributed by atoms with Crippen molar-refractivity contribution in [2.75, 3.05) is 5.32 Å². The van der Waals surface area contributed by atoms with E-state index in [-0.39, 0.29) is 29.8 Å². The van der Waals surface area contributed by atoms with Crippen molar-refractivity contribution in [3.05, 3.63) is 82.2 Å². The van der Waals surface area contributed by atoms with E-state index in [1.807, 2.05) is 26.0 Å². The molecule has 2 aromatic heterocycles. The second-order valence-corrected chi connectivity index (χ2v) is 7.35. The van der Waals surface area contributed by atoms with Crippen molar-refractivity contribution >= 4 is 17.1 Å². The number of anilines is 1. The van der Waals surface area contributed by atoms with Crippen molar-refractivity contribution in [3.8, 4) is 5.75 Å². The van der Waals surface area contributed by atoms with E-state index < -0.39 is 0 Å². The largest absolute Gasteiger partial charge is 0.508 e. The highest BCUT2D eigenvalue weighted by Gasteiger charge is 2.18. The van der Waals surface area contributed by atoms with Crippen LogP contribution in [0.5, 0.6) is 5.75 Å². The van der Waals surface area contributed by atoms with Crippen LogP contribution in [0, 0.1) is 5.82 Å². The molecule has 0 spiro atoms. The Balaban J connectivity index is 1.71. The zero-order valence-corrected chi connectivity index (χ0v) is 16.7. The first-order valence-corrected chi connectivity index (χ1v) is 9.67. The quantitative estimate of drug-likeness (QED) is 0.509. The van der Waals surface area contributed by atoms with E-state index in [2.05, 4.69) is 15.3 Å². The van der Waals surface area contributed by atoms with Gasteiger partial charge in [0.25, 0.3) is 0 Å². The van der Waals surface area contributed by atoms with E-state index in [0.29, 0.717) is 29.2 Å². The van der Waals surface area contributed by atoms with Gasteiger partial charge in [-0.1, -0.05) is 30.3 Å². The Labute approximate surface area is 172 Å². The molecule has 0 radical (unpaired) electrons. The molecule has 0 aliphatic heterocycles. The lowest BCUT2D eigenvalue weighted by atomic mass is 10.2. The molecular weight excluding hydrogens is 385 g/mol. The zero-order chi connectivity index (χ0) is 21.3. The molecule has 0 fully saturated rings. The lowest BCUT2D eigenvalue weighted by molar-refractivity contribution is 0.465. The summed E-state index contributed by atoms with van der Waals surface area (Å²) in [5.74, 6) is 0.172. The van der Waals surface area contributed by atoms with Crippen molar-refractivity contribution in [3.63, 3.8) is 0 Å². The summed E-state index contributed by atoms with van der Waals surface area (Å²) >= 11 is 0. The van der Waals surface area contributed by atoms with Gasteiger partial charge in [-0.2, -0.15) is 4.98 Å². The van der Waals surface area contributed by atoms with Crippen LogP contribution in [0.3, 0.4) is 0 Å². The maximum atomic E-state index is 13.4. The van der Waals surface area contributed by atoms with Crippen LogP contribution in [0.15, 0.2) is 59.5 Å². The molecule has 8 heteroatoms. The minimum atomic E-state index is -0.305. The van der Waals surface area contributed by atoms with E-state index in [0.717, 1.165) is 5.56 Å². The molecule has 0 aliphatic carbocycles. The number of benzene rings is 2. The molecule has 2 heterocycles. The first-order valence-electron chi connectivity index (χ1n) is 9.67. The van der Waals surface area contributed by atoms with Crippen LogP contribution in [0.2, 0.25) is 0 Å². The molecule has 7 nitrogen and oxygen atoms in total. The first-order chi connectivity index (χ1) is 14.4. The summed E-state index contributed by atoms with van der Waals surface area (Å²) in [6.07, 6.45) is 1.59. The highest BCUT2D eigenvalue weighted by atomic mass is 19.1. The van der Waals surface area contributed by atoms with E-state index in [1.54, 1.807) is 39.6 Å². The summed E-state index contributed by atoms with van der Waals surface area (Å²) in [6, 6.07) is 13.1. The van der Waals surface area contributed by atoms with Crippen LogP contribution < -0.4 is 11.0 Å². The molecule has 4 rings (SSSR count). The number of rotatable bonds is 6. The zero-order valence-electron chi connectivity index (χ0n) is 16.7. The molecule has 2 aromatic carbocycles. The third-order valence-electron chi connectivity index (χ3n) is 4.88. The Morgan fingerprint density at radius 2 is 1.97 bits per heavy atom. The Morgan fingerprint density at radius 3 is 2.70 bits per heavy atom. The van der Waals surface area contributed by atoms with Gasteiger partial charge in [-0.15, -0.1) is 0 Å². The number of hydrogen-bond donors (Lipinski definition) is 2. The van der Waals surface area contributed by atoms with Gasteiger partial charge in [0.1, 0.15) is 17.1 Å². The third-order valence-corrected chi connectivity index (χ3v) is 4.88. The van der Waals surface area contributed by atoms with Crippen LogP contribution in [-0.4, -0.2) is 24.2 Å². The van der Waals surface area contributed by atoms with Crippen LogP contribution in [0.25, 0.3) is 11.2 Å². The van der Waals surface area contributed by atoms with Crippen LogP contribution in [0.1, 0.15) is 31.0 Å². The van der Waals surface area contributed by atoms with Crippen molar-refractivity contribution in [1.29, 1.82) is 0 Å². The second kappa shape index (κ2) is 7.98. The van der Waals surface area contributed by atoms with Gasteiger partial charge in [0.15, 0.2) is 5.65 Å². The maximum Gasteiger partial charge on any atom is 0.330 e. The highest BCUT2D eigenvalue weighted by Crippen LogP contribution is 2.21. The molecule has 154 valence electrons. The SMILES string of the molecule is CC(C)n1c(=O)n(Cc2ccccc2O)c2cnc(NCc3cccc(F)c3)nc21. The van der Waals surface area contributed by atoms with Gasteiger partial charge in [0.05, 0.1) is 12.7 Å². The average molecular weight is 407 g/mol. The summed E-state index contributed by atoms with van der Waals surface area (Å²) < 4.78 is 16.5. The fourth-order valence-electron chi connectivity index (χ4n) is 3.40. The third kappa shape index (κ3) is 3.76. The molecule has 4 aromatic rings. The summed E-state index contributed by atoms with van der Waals surface area (Å²) in [5, 5.41) is 13.2. The van der Waals surface area contributed by atoms with Crippen LogP contribution >= 0.6 is 0 Å². The smallest absolute Gasteiger partial charge is 0.330 e. The number of phenols is 1. The average Bonchev–Trinajstić information content (AvgIpc) is 2.99. The van der Waals surface area contributed by atoms with Crippen LogP contribution in [-0.2, 0) is 13.1 Å². The molecule has 0 saturated carbocycles. The fourth-order valence-corrected chi connectivity index (χ4v) is 3.40. The lowest BCUT2D eigenvalue weighted by Gasteiger charge is -2.08. The number of phenolic OH excluding ortho intramolecular Hbond substituents is 1. The molecule has 0 unspecified atom stereocenters. The minimum absolute atomic E-state index is 0.114. The minimum Gasteiger partial charge on any atom is -0.508 e. The topological polar surface area (TPSA) is 85.0 Å². The van der Waals surface area contributed by atoms with Gasteiger partial charge in [-0.3, -0.25) is 9.13 Å². The number of imidazole rings is 1. The summed E-state index contributed by atoms with van der Waals surface area (Å²) in [6.45, 7) is 4.38. The Kier molecular flexibility index (Phi) is 5.22. The second-order valence-electron chi connectivity index (χ2n) is 7.35. The number of aromatic hydroxyl groups is 1. The van der Waals surface area contributed by atoms with E-state index in [9.17, 15) is 14.3 Å². The van der Waals surface area contributed by atoms with Gasteiger partial charge < -0.3 is 10.4 Å². The number of nitrogens with zero attached hydrogens (tertiary/aromatic N) is 4. The van der Waals surface area contributed by atoms with Crippen molar-refractivity contribution < 1.29 is 9.50 Å². The number of nitrogens with one attached hydrogen (secondary N) is 1. The molecular formula is C22H22FN5O2. The standard InChI is InChI=1S/C22H22FN5O2/c1-14(2)28-20-18(27(22(28)30)13-16-7-3-4-9-19(16)29)12-25-21(26-20)24-11-15-6-5-8-17(23)10-15/h3-10,12,14,29H,11,13H2,1-2H3,(H,24,25,26). The summed E-state index contributed by atoms with van der Waals surface area (Å²) in [5.41, 5.74) is 2.25. The van der Waals surface area contributed by atoms with Gasteiger partial charge in [0, 0.05) is 18.2 Å². The van der Waals surface area contributed by atoms with E-state index in [1.165, 1.54) is 12.1 Å². The molecule has 0 aliphatic rings. The lowest BCUT2D eigenvalue weighted by Crippen LogP contribution is -2.26. The van der Waals surface area contributed by atoms with Gasteiger partial charge in [-0.05, 0) is 37.6 Å². The number of para-hydroxylation sites is 1. The predicted molar refractivity (Wildman–Crippen MR) is 113 cm³/mol. The Bertz CT molecular complexity index is 1260. The van der Waals surface area contributed by atoms with Gasteiger partial charge in [-0.25, -0.2) is 14.2 Å². The van der Waals surface area contributed by atoms with Crippen molar-refractivity contribution in [1.82, 2.24) is 19.1 Å². The molecule has 30 heavy (non-hydrogen) atoms. The molecule has 0 saturated heterocycles. The number of aromatic nitrogens is 4. The van der Waals surface area contributed by atoms with Gasteiger partial charge >= 0.3 is 5.69 Å². The van der Waals surface area contributed by atoms with E-state index in [4.69, 9.17) is 0 Å². The van der Waals surface area contributed by atoms with Gasteiger partial charge in [0.2, 0.25) is 5.95 Å². The first kappa shape index (κ1) is 19.6. The predicted octanol–water partition coefficient (Wildman–Crippen LogP) is 3.68. The number of hydrogen-bond acceptors (Lipinski definition) is 5. The van der Waals surface area contributed by atoms with E-state index >= 15 is 0 Å². The molecule has 0 atom stereocenters. The Hall–Kier alpha value is -3.68. The maximum absolute atomic E-state index is 13.4. The molecule has 0 bridgehead atoms. The monoisotopic (exact) mass is 407 g/mol. The summed E-state index contributed by atoms with van der Waals surface area (Å²) in [4.78, 5) is 22.0.